The van der Waals surface area contributed by atoms with E-state index < -0.39 is 59.0 Å². The van der Waals surface area contributed by atoms with E-state index in [9.17, 15) is 15.0 Å². The molecule has 0 unspecified atom stereocenters. The Morgan fingerprint density at radius 3 is 1.98 bits per heavy atom. The molecule has 0 amide bonds. The van der Waals surface area contributed by atoms with Gasteiger partial charge in [0.2, 0.25) is 0 Å². The predicted molar refractivity (Wildman–Crippen MR) is 162 cm³/mol. The van der Waals surface area contributed by atoms with Gasteiger partial charge in [-0.1, -0.05) is 71.9 Å². The smallest absolute Gasteiger partial charge is 0.337 e. The fraction of sp³-hybridized carbons (Fsp3) is 0.767. The zero-order valence-corrected chi connectivity index (χ0v) is 28.6. The molecule has 1 aliphatic carbocycles. The van der Waals surface area contributed by atoms with E-state index in [2.05, 4.69) is 67.7 Å². The van der Waals surface area contributed by atoms with Crippen LogP contribution in [0.4, 0.5) is 0 Å². The van der Waals surface area contributed by atoms with Crippen molar-refractivity contribution >= 4 is 22.6 Å². The maximum atomic E-state index is 13.6. The third kappa shape index (κ3) is 7.83. The highest BCUT2D eigenvalue weighted by molar-refractivity contribution is 6.74. The second-order valence-electron chi connectivity index (χ2n) is 14.4. The molecular formula is C30H54O8Si2. The van der Waals surface area contributed by atoms with E-state index in [-0.39, 0.29) is 29.7 Å². The molecule has 1 fully saturated rings. The molecule has 40 heavy (non-hydrogen) atoms. The van der Waals surface area contributed by atoms with Gasteiger partial charge in [0.15, 0.2) is 22.2 Å². The average Bonchev–Trinajstić information content (AvgIpc) is 2.86. The minimum absolute atomic E-state index is 0.0518. The van der Waals surface area contributed by atoms with E-state index in [0.29, 0.717) is 6.61 Å². The Kier molecular flexibility index (Phi) is 11.4. The molecule has 8 nitrogen and oxygen atoms in total. The molecule has 230 valence electrons. The standard InChI is InChI=1S/C30H54O8Si2/c1-27(2,3)39(8,9)37-25-24(36-22-35-18-23-15-13-12-14-16-23)17-30(26(33)34-7,19-29(25,20-31)21-32)38-40(10,11)28(4,5)6/h12-16,24-25,31-32H,17-22H2,1-11H3/t24-,25+,30-/m1/s1. The zero-order valence-electron chi connectivity index (χ0n) is 26.6. The number of aliphatic hydroxyl groups is 2. The molecule has 0 aliphatic heterocycles. The molecule has 0 aromatic heterocycles. The van der Waals surface area contributed by atoms with Gasteiger partial charge in [0.25, 0.3) is 0 Å². The van der Waals surface area contributed by atoms with Crippen molar-refractivity contribution in [2.75, 3.05) is 27.1 Å². The van der Waals surface area contributed by atoms with Crippen LogP contribution in [0.5, 0.6) is 0 Å². The monoisotopic (exact) mass is 598 g/mol. The van der Waals surface area contributed by atoms with Gasteiger partial charge in [-0.25, -0.2) is 4.79 Å². The van der Waals surface area contributed by atoms with E-state index in [1.165, 1.54) is 7.11 Å². The lowest BCUT2D eigenvalue weighted by atomic mass is 9.65. The van der Waals surface area contributed by atoms with E-state index in [1.807, 2.05) is 30.3 Å². The summed E-state index contributed by atoms with van der Waals surface area (Å²) in [5.41, 5.74) is -1.64. The van der Waals surface area contributed by atoms with Crippen molar-refractivity contribution in [1.29, 1.82) is 0 Å². The number of aliphatic hydroxyl groups excluding tert-OH is 2. The van der Waals surface area contributed by atoms with Crippen molar-refractivity contribution in [2.45, 2.75) is 115 Å². The number of hydrogen-bond donors (Lipinski definition) is 2. The predicted octanol–water partition coefficient (Wildman–Crippen LogP) is 5.63. The van der Waals surface area contributed by atoms with Crippen LogP contribution in [-0.2, 0) is 34.5 Å². The Bertz CT molecular complexity index is 951. The van der Waals surface area contributed by atoms with Crippen LogP contribution in [0.3, 0.4) is 0 Å². The van der Waals surface area contributed by atoms with Crippen LogP contribution in [0.2, 0.25) is 36.3 Å². The van der Waals surface area contributed by atoms with Crippen LogP contribution < -0.4 is 0 Å². The van der Waals surface area contributed by atoms with Gasteiger partial charge in [0, 0.05) is 11.8 Å². The number of benzene rings is 1. The highest BCUT2D eigenvalue weighted by atomic mass is 28.4. The summed E-state index contributed by atoms with van der Waals surface area (Å²) in [6.07, 6.45) is -1.19. The Labute approximate surface area is 244 Å². The second kappa shape index (κ2) is 13.0. The summed E-state index contributed by atoms with van der Waals surface area (Å²) in [5, 5.41) is 21.4. The van der Waals surface area contributed by atoms with Crippen LogP contribution in [0.1, 0.15) is 59.9 Å². The molecule has 0 saturated heterocycles. The first-order valence-electron chi connectivity index (χ1n) is 14.2. The summed E-state index contributed by atoms with van der Waals surface area (Å²) in [6, 6.07) is 9.79. The highest BCUT2D eigenvalue weighted by Crippen LogP contribution is 2.52. The summed E-state index contributed by atoms with van der Waals surface area (Å²) in [7, 11) is -3.59. The van der Waals surface area contributed by atoms with Crippen molar-refractivity contribution in [3.63, 3.8) is 0 Å². The normalized spacial score (nSPS) is 24.1. The van der Waals surface area contributed by atoms with Crippen molar-refractivity contribution in [3.05, 3.63) is 35.9 Å². The summed E-state index contributed by atoms with van der Waals surface area (Å²) >= 11 is 0. The van der Waals surface area contributed by atoms with Crippen molar-refractivity contribution in [2.24, 2.45) is 5.41 Å². The maximum absolute atomic E-state index is 13.6. The SMILES string of the molecule is COC(=O)[C@@]1(O[Si](C)(C)C(C)(C)C)C[C@@H](OCOCc2ccccc2)[C@H](O[Si](C)(C)C(C)(C)C)C(CO)(CO)C1. The molecule has 2 N–H and O–H groups in total. The van der Waals surface area contributed by atoms with Crippen molar-refractivity contribution in [3.8, 4) is 0 Å². The van der Waals surface area contributed by atoms with Crippen molar-refractivity contribution < 1.29 is 38.1 Å². The molecular weight excluding hydrogens is 544 g/mol. The van der Waals surface area contributed by atoms with Gasteiger partial charge < -0.3 is 33.3 Å². The van der Waals surface area contributed by atoms with Crippen LogP contribution in [-0.4, -0.2) is 77.7 Å². The van der Waals surface area contributed by atoms with Gasteiger partial charge in [-0.15, -0.1) is 0 Å². The number of hydrogen-bond acceptors (Lipinski definition) is 8. The Morgan fingerprint density at radius 2 is 1.50 bits per heavy atom. The van der Waals surface area contributed by atoms with Crippen LogP contribution in [0.15, 0.2) is 30.3 Å². The Hall–Kier alpha value is -1.12. The average molecular weight is 599 g/mol. The summed E-state index contributed by atoms with van der Waals surface area (Å²) in [5.74, 6) is -0.534. The van der Waals surface area contributed by atoms with Gasteiger partial charge in [-0.3, -0.25) is 0 Å². The molecule has 0 bridgehead atoms. The minimum Gasteiger partial charge on any atom is -0.467 e. The third-order valence-electron chi connectivity index (χ3n) is 9.26. The molecule has 2 rings (SSSR count). The number of rotatable bonds is 12. The van der Waals surface area contributed by atoms with Crippen LogP contribution in [0, 0.1) is 5.41 Å². The Morgan fingerprint density at radius 1 is 0.950 bits per heavy atom. The van der Waals surface area contributed by atoms with Crippen LogP contribution >= 0.6 is 0 Å². The topological polar surface area (TPSA) is 104 Å². The fourth-order valence-corrected chi connectivity index (χ4v) is 7.63. The van der Waals surface area contributed by atoms with Gasteiger partial charge in [-0.2, -0.15) is 0 Å². The molecule has 10 heteroatoms. The molecule has 0 spiro atoms. The quantitative estimate of drug-likeness (QED) is 0.138. The zero-order chi connectivity index (χ0) is 30.6. The molecule has 1 saturated carbocycles. The lowest BCUT2D eigenvalue weighted by molar-refractivity contribution is -0.226. The van der Waals surface area contributed by atoms with Gasteiger partial charge in [0.05, 0.1) is 39.1 Å². The molecule has 1 aromatic carbocycles. The number of carbonyl (C=O) groups excluding carboxylic acids is 1. The lowest BCUT2D eigenvalue weighted by Gasteiger charge is -2.56. The second-order valence-corrected chi connectivity index (χ2v) is 23.8. The largest absolute Gasteiger partial charge is 0.467 e. The number of carbonyl (C=O) groups is 1. The lowest BCUT2D eigenvalue weighted by Crippen LogP contribution is -2.68. The van der Waals surface area contributed by atoms with Crippen LogP contribution in [0.25, 0.3) is 0 Å². The summed E-state index contributed by atoms with van der Waals surface area (Å²) in [6.45, 7) is 20.6. The van der Waals surface area contributed by atoms with Gasteiger partial charge in [0.1, 0.15) is 6.79 Å². The molecule has 1 aromatic rings. The summed E-state index contributed by atoms with van der Waals surface area (Å²) < 4.78 is 31.4. The minimum atomic E-state index is -2.53. The third-order valence-corrected chi connectivity index (χ3v) is 18.2. The number of methoxy groups -OCH3 is 1. The first kappa shape index (κ1) is 35.1. The number of esters is 1. The molecule has 0 heterocycles. The molecule has 1 aliphatic rings. The van der Waals surface area contributed by atoms with E-state index in [4.69, 9.17) is 23.1 Å². The summed E-state index contributed by atoms with van der Waals surface area (Å²) in [4.78, 5) is 13.6. The highest BCUT2D eigenvalue weighted by Gasteiger charge is 2.63. The molecule has 0 radical (unpaired) electrons. The first-order chi connectivity index (χ1) is 18.3. The van der Waals surface area contributed by atoms with Gasteiger partial charge in [-0.05, 0) is 48.2 Å². The molecule has 3 atom stereocenters. The van der Waals surface area contributed by atoms with Gasteiger partial charge >= 0.3 is 5.97 Å². The maximum Gasteiger partial charge on any atom is 0.337 e. The fourth-order valence-electron chi connectivity index (χ4n) is 4.72. The van der Waals surface area contributed by atoms with E-state index >= 15 is 0 Å². The number of ether oxygens (including phenoxy) is 3. The first-order valence-corrected chi connectivity index (χ1v) is 20.0. The van der Waals surface area contributed by atoms with E-state index in [1.54, 1.807) is 0 Å². The van der Waals surface area contributed by atoms with E-state index in [0.717, 1.165) is 5.56 Å². The Balaban J connectivity index is 2.55. The van der Waals surface area contributed by atoms with Crippen molar-refractivity contribution in [1.82, 2.24) is 0 Å².